The van der Waals surface area contributed by atoms with E-state index in [0.29, 0.717) is 0 Å². The molecule has 1 aromatic carbocycles. The van der Waals surface area contributed by atoms with Gasteiger partial charge in [0.15, 0.2) is 0 Å². The van der Waals surface area contributed by atoms with Crippen LogP contribution in [0.15, 0.2) is 18.3 Å². The fourth-order valence-corrected chi connectivity index (χ4v) is 1.42. The molecule has 2 aromatic rings. The lowest BCUT2D eigenvalue weighted by atomic mass is 10.1. The van der Waals surface area contributed by atoms with E-state index in [4.69, 9.17) is 5.11 Å². The highest BCUT2D eigenvalue weighted by molar-refractivity contribution is 5.81. The number of nitrogens with zero attached hydrogens (tertiary/aromatic N) is 1. The molecule has 0 amide bonds. The molecular weight excluding hydrogens is 152 g/mol. The van der Waals surface area contributed by atoms with Crippen molar-refractivity contribution in [2.24, 2.45) is 0 Å². The monoisotopic (exact) mass is 162 g/mol. The van der Waals surface area contributed by atoms with Gasteiger partial charge in [-0.15, -0.1) is 0 Å². The minimum Gasteiger partial charge on any atom is -0.392 e. The fraction of sp³-hybridized carbons (Fsp3) is 0.222. The molecule has 0 atom stereocenters. The summed E-state index contributed by atoms with van der Waals surface area (Å²) in [7, 11) is 0. The van der Waals surface area contributed by atoms with Crippen LogP contribution in [-0.4, -0.2) is 15.3 Å². The van der Waals surface area contributed by atoms with Crippen LogP contribution < -0.4 is 0 Å². The molecule has 3 nitrogen and oxygen atoms in total. The van der Waals surface area contributed by atoms with Gasteiger partial charge in [0.25, 0.3) is 0 Å². The molecule has 0 unspecified atom stereocenters. The number of benzene rings is 1. The van der Waals surface area contributed by atoms with Gasteiger partial charge in [-0.25, -0.2) is 0 Å². The highest BCUT2D eigenvalue weighted by Crippen LogP contribution is 2.17. The zero-order valence-electron chi connectivity index (χ0n) is 6.83. The van der Waals surface area contributed by atoms with E-state index in [1.54, 1.807) is 6.20 Å². The molecule has 2 N–H and O–H groups in total. The van der Waals surface area contributed by atoms with Crippen molar-refractivity contribution in [3.8, 4) is 0 Å². The van der Waals surface area contributed by atoms with E-state index in [9.17, 15) is 0 Å². The van der Waals surface area contributed by atoms with Gasteiger partial charge in [0.2, 0.25) is 0 Å². The molecule has 0 aliphatic rings. The number of fused-ring (bicyclic) bond motifs is 1. The zero-order valence-corrected chi connectivity index (χ0v) is 6.83. The van der Waals surface area contributed by atoms with Crippen molar-refractivity contribution in [1.29, 1.82) is 0 Å². The summed E-state index contributed by atoms with van der Waals surface area (Å²) in [5.74, 6) is 0. The van der Waals surface area contributed by atoms with Gasteiger partial charge in [-0.1, -0.05) is 6.07 Å². The van der Waals surface area contributed by atoms with Crippen LogP contribution >= 0.6 is 0 Å². The first kappa shape index (κ1) is 7.31. The largest absolute Gasteiger partial charge is 0.392 e. The van der Waals surface area contributed by atoms with Crippen molar-refractivity contribution in [2.45, 2.75) is 13.5 Å². The summed E-state index contributed by atoms with van der Waals surface area (Å²) in [6.45, 7) is 2.06. The maximum atomic E-state index is 9.03. The van der Waals surface area contributed by atoms with E-state index in [1.165, 1.54) is 0 Å². The summed E-state index contributed by atoms with van der Waals surface area (Å²) in [5, 5.41) is 16.9. The van der Waals surface area contributed by atoms with Crippen LogP contribution in [0.2, 0.25) is 0 Å². The van der Waals surface area contributed by atoms with Gasteiger partial charge in [0.05, 0.1) is 18.3 Å². The third kappa shape index (κ3) is 0.987. The summed E-state index contributed by atoms with van der Waals surface area (Å²) in [5.41, 5.74) is 2.98. The van der Waals surface area contributed by atoms with Gasteiger partial charge in [0.1, 0.15) is 0 Å². The third-order valence-electron chi connectivity index (χ3n) is 1.95. The predicted octanol–water partition coefficient (Wildman–Crippen LogP) is 1.36. The molecule has 0 aliphatic carbocycles. The van der Waals surface area contributed by atoms with Gasteiger partial charge in [-0.05, 0) is 18.6 Å². The molecule has 0 fully saturated rings. The Morgan fingerprint density at radius 1 is 1.50 bits per heavy atom. The zero-order chi connectivity index (χ0) is 8.55. The minimum atomic E-state index is 0.0559. The molecule has 0 saturated carbocycles. The Kier molecular flexibility index (Phi) is 1.59. The number of nitrogens with one attached hydrogen (secondary N) is 1. The second-order valence-electron chi connectivity index (χ2n) is 2.92. The summed E-state index contributed by atoms with van der Waals surface area (Å²) in [6, 6.07) is 4.00. The Labute approximate surface area is 70.0 Å². The van der Waals surface area contributed by atoms with Crippen LogP contribution in [-0.2, 0) is 6.61 Å². The van der Waals surface area contributed by atoms with Crippen LogP contribution in [0, 0.1) is 6.92 Å². The van der Waals surface area contributed by atoms with Crippen LogP contribution in [0.4, 0.5) is 0 Å². The average Bonchev–Trinajstić information content (AvgIpc) is 2.50. The number of hydrogen-bond donors (Lipinski definition) is 2. The first-order valence-corrected chi connectivity index (χ1v) is 3.84. The third-order valence-corrected chi connectivity index (χ3v) is 1.95. The highest BCUT2D eigenvalue weighted by Gasteiger charge is 2.02. The summed E-state index contributed by atoms with van der Waals surface area (Å²) >= 11 is 0. The van der Waals surface area contributed by atoms with E-state index < -0.39 is 0 Å². The number of aromatic amines is 1. The lowest BCUT2D eigenvalue weighted by Crippen LogP contribution is -1.86. The molecule has 12 heavy (non-hydrogen) atoms. The molecule has 62 valence electrons. The predicted molar refractivity (Wildman–Crippen MR) is 46.8 cm³/mol. The Balaban J connectivity index is 2.80. The number of aliphatic hydroxyl groups is 1. The molecule has 3 heteroatoms. The maximum Gasteiger partial charge on any atom is 0.0705 e. The SMILES string of the molecule is Cc1cc(CO)c2[nH]ncc2c1. The van der Waals surface area contributed by atoms with Crippen molar-refractivity contribution >= 4 is 10.9 Å². The van der Waals surface area contributed by atoms with Crippen molar-refractivity contribution in [3.63, 3.8) is 0 Å². The van der Waals surface area contributed by atoms with Crippen molar-refractivity contribution in [1.82, 2.24) is 10.2 Å². The molecule has 0 saturated heterocycles. The number of aliphatic hydroxyl groups excluding tert-OH is 1. The summed E-state index contributed by atoms with van der Waals surface area (Å²) in [4.78, 5) is 0. The van der Waals surface area contributed by atoms with Crippen LogP contribution in [0.5, 0.6) is 0 Å². The lowest BCUT2D eigenvalue weighted by Gasteiger charge is -1.99. The molecular formula is C9H10N2O. The topological polar surface area (TPSA) is 48.9 Å². The summed E-state index contributed by atoms with van der Waals surface area (Å²) in [6.07, 6.45) is 1.77. The van der Waals surface area contributed by atoms with E-state index in [-0.39, 0.29) is 6.61 Å². The van der Waals surface area contributed by atoms with E-state index in [1.807, 2.05) is 19.1 Å². The first-order chi connectivity index (χ1) is 5.81. The van der Waals surface area contributed by atoms with Crippen molar-refractivity contribution in [3.05, 3.63) is 29.5 Å². The Morgan fingerprint density at radius 3 is 3.08 bits per heavy atom. The molecule has 1 aromatic heterocycles. The van der Waals surface area contributed by atoms with Gasteiger partial charge >= 0.3 is 0 Å². The Bertz CT molecular complexity index is 406. The van der Waals surface area contributed by atoms with Gasteiger partial charge in [-0.3, -0.25) is 5.10 Å². The van der Waals surface area contributed by atoms with E-state index in [0.717, 1.165) is 22.0 Å². The molecule has 1 heterocycles. The molecule has 0 radical (unpaired) electrons. The van der Waals surface area contributed by atoms with E-state index in [2.05, 4.69) is 10.2 Å². The number of rotatable bonds is 1. The standard InChI is InChI=1S/C9H10N2O/c1-6-2-7-4-10-11-9(7)8(3-6)5-12/h2-4,12H,5H2,1H3,(H,10,11). The molecule has 2 rings (SSSR count). The Hall–Kier alpha value is -1.35. The van der Waals surface area contributed by atoms with Crippen molar-refractivity contribution < 1.29 is 5.11 Å². The Morgan fingerprint density at radius 2 is 2.33 bits per heavy atom. The average molecular weight is 162 g/mol. The molecule has 0 spiro atoms. The first-order valence-electron chi connectivity index (χ1n) is 3.84. The smallest absolute Gasteiger partial charge is 0.0705 e. The number of hydrogen-bond acceptors (Lipinski definition) is 2. The van der Waals surface area contributed by atoms with Gasteiger partial charge in [-0.2, -0.15) is 5.10 Å². The second kappa shape index (κ2) is 2.60. The van der Waals surface area contributed by atoms with Gasteiger partial charge < -0.3 is 5.11 Å². The highest BCUT2D eigenvalue weighted by atomic mass is 16.3. The summed E-state index contributed by atoms with van der Waals surface area (Å²) < 4.78 is 0. The second-order valence-corrected chi connectivity index (χ2v) is 2.92. The number of aryl methyl sites for hydroxylation is 1. The quantitative estimate of drug-likeness (QED) is 0.665. The van der Waals surface area contributed by atoms with Gasteiger partial charge in [0, 0.05) is 10.9 Å². The minimum absolute atomic E-state index is 0.0559. The van der Waals surface area contributed by atoms with Crippen LogP contribution in [0.25, 0.3) is 10.9 Å². The number of H-pyrrole nitrogens is 1. The lowest BCUT2D eigenvalue weighted by molar-refractivity contribution is 0.283. The van der Waals surface area contributed by atoms with Crippen molar-refractivity contribution in [2.75, 3.05) is 0 Å². The molecule has 0 aliphatic heterocycles. The molecule has 0 bridgehead atoms. The van der Waals surface area contributed by atoms with E-state index >= 15 is 0 Å². The number of aromatic nitrogens is 2. The van der Waals surface area contributed by atoms with Crippen LogP contribution in [0.1, 0.15) is 11.1 Å². The maximum absolute atomic E-state index is 9.03. The normalized spacial score (nSPS) is 10.8. The van der Waals surface area contributed by atoms with Crippen LogP contribution in [0.3, 0.4) is 0 Å². The fourth-order valence-electron chi connectivity index (χ4n) is 1.42.